The summed E-state index contributed by atoms with van der Waals surface area (Å²) < 4.78 is 18.6. The number of amides is 1. The van der Waals surface area contributed by atoms with Gasteiger partial charge < -0.3 is 21.1 Å². The van der Waals surface area contributed by atoms with E-state index < -0.39 is 25.5 Å². The van der Waals surface area contributed by atoms with Crippen LogP contribution in [0.5, 0.6) is 0 Å². The van der Waals surface area contributed by atoms with Gasteiger partial charge in [0.1, 0.15) is 5.78 Å². The maximum atomic E-state index is 13.3. The third-order valence-electron chi connectivity index (χ3n) is 5.96. The number of benzene rings is 1. The molecule has 0 bridgehead atoms. The summed E-state index contributed by atoms with van der Waals surface area (Å²) in [5, 5.41) is 12.2. The lowest BCUT2D eigenvalue weighted by Gasteiger charge is -2.31. The first-order chi connectivity index (χ1) is 15.3. The van der Waals surface area contributed by atoms with Gasteiger partial charge in [-0.3, -0.25) is 13.9 Å². The van der Waals surface area contributed by atoms with Gasteiger partial charge in [0.2, 0.25) is 5.91 Å². The van der Waals surface area contributed by atoms with E-state index in [4.69, 9.17) is 10.3 Å². The Morgan fingerprint density at radius 1 is 1.12 bits per heavy atom. The average molecular weight is 469 g/mol. The number of carboxylic acids is 1. The molecule has 0 saturated heterocycles. The molecule has 1 aromatic rings. The Kier molecular flexibility index (Phi) is 11.4. The summed E-state index contributed by atoms with van der Waals surface area (Å²) in [7, 11) is -4.44. The number of nitrogens with one attached hydrogen (secondary N) is 1. The minimum atomic E-state index is -4.44. The lowest BCUT2D eigenvalue weighted by molar-refractivity contribution is -0.145. The highest BCUT2D eigenvalue weighted by Gasteiger charge is 2.42. The Balaban J connectivity index is 2.11. The molecule has 1 aromatic carbocycles. The van der Waals surface area contributed by atoms with Crippen molar-refractivity contribution in [2.24, 2.45) is 11.7 Å². The van der Waals surface area contributed by atoms with Gasteiger partial charge in [0, 0.05) is 6.42 Å². The SMILES string of the molecule is NCCCCC(OP(=O)(O)[C@H](NC(=O)CCc1ccccc1)C1CCCCCC1)C(=O)O. The van der Waals surface area contributed by atoms with E-state index in [-0.39, 0.29) is 24.7 Å². The van der Waals surface area contributed by atoms with Crippen LogP contribution in [0.3, 0.4) is 0 Å². The van der Waals surface area contributed by atoms with Crippen LogP contribution in [-0.4, -0.2) is 40.3 Å². The summed E-state index contributed by atoms with van der Waals surface area (Å²) in [5.41, 5.74) is 6.47. The maximum Gasteiger partial charge on any atom is 0.351 e. The minimum absolute atomic E-state index is 0.0937. The van der Waals surface area contributed by atoms with Crippen molar-refractivity contribution < 1.29 is 28.7 Å². The number of carbonyl (C=O) groups is 2. The number of rotatable bonds is 13. The largest absolute Gasteiger partial charge is 0.479 e. The standard InChI is InChI=1S/C23H37N2O6P/c24-17-9-8-14-20(23(27)28)31-32(29,30)22(19-12-6-1-2-7-13-19)25-21(26)16-15-18-10-4-3-5-11-18/h3-5,10-11,19-20,22H,1-2,6-9,12-17,24H2,(H,25,26)(H,27,28)(H,29,30)/t20?,22-/m0/s1. The number of carboxylic acid groups (broad SMARTS) is 1. The molecule has 9 heteroatoms. The maximum absolute atomic E-state index is 13.3. The van der Waals surface area contributed by atoms with Crippen molar-refractivity contribution in [1.82, 2.24) is 5.32 Å². The van der Waals surface area contributed by atoms with Crippen LogP contribution in [0.2, 0.25) is 0 Å². The third kappa shape index (κ3) is 9.02. The van der Waals surface area contributed by atoms with Crippen molar-refractivity contribution in [3.05, 3.63) is 35.9 Å². The lowest BCUT2D eigenvalue weighted by atomic mass is 10.00. The van der Waals surface area contributed by atoms with Gasteiger partial charge >= 0.3 is 13.6 Å². The van der Waals surface area contributed by atoms with Gasteiger partial charge in [-0.05, 0) is 56.6 Å². The molecule has 8 nitrogen and oxygen atoms in total. The number of aliphatic carboxylic acids is 1. The van der Waals surface area contributed by atoms with Gasteiger partial charge in [-0.1, -0.05) is 56.0 Å². The van der Waals surface area contributed by atoms with E-state index in [0.717, 1.165) is 31.2 Å². The van der Waals surface area contributed by atoms with E-state index in [2.05, 4.69) is 5.32 Å². The molecule has 0 aliphatic heterocycles. The number of carbonyl (C=O) groups excluding carboxylic acids is 1. The van der Waals surface area contributed by atoms with Crippen molar-refractivity contribution >= 4 is 19.5 Å². The summed E-state index contributed by atoms with van der Waals surface area (Å²) in [6, 6.07) is 9.54. The van der Waals surface area contributed by atoms with Crippen molar-refractivity contribution in [2.75, 3.05) is 6.54 Å². The topological polar surface area (TPSA) is 139 Å². The number of unbranched alkanes of at least 4 members (excludes halogenated alkanes) is 1. The normalized spacial score (nSPS) is 18.8. The molecule has 3 atom stereocenters. The molecule has 0 aromatic heterocycles. The fourth-order valence-corrected chi connectivity index (χ4v) is 6.00. The number of hydrogen-bond acceptors (Lipinski definition) is 5. The first-order valence-electron chi connectivity index (χ1n) is 11.6. The summed E-state index contributed by atoms with van der Waals surface area (Å²) in [6.07, 6.45) is 5.73. The van der Waals surface area contributed by atoms with E-state index in [9.17, 15) is 24.2 Å². The monoisotopic (exact) mass is 468 g/mol. The van der Waals surface area contributed by atoms with Crippen LogP contribution in [0, 0.1) is 5.92 Å². The Labute approximate surface area is 190 Å². The molecule has 32 heavy (non-hydrogen) atoms. The molecule has 0 radical (unpaired) electrons. The van der Waals surface area contributed by atoms with E-state index in [1.54, 1.807) is 0 Å². The quantitative estimate of drug-likeness (QED) is 0.196. The van der Waals surface area contributed by atoms with Crippen molar-refractivity contribution in [3.63, 3.8) is 0 Å². The molecular weight excluding hydrogens is 431 g/mol. The lowest BCUT2D eigenvalue weighted by Crippen LogP contribution is -2.41. The van der Waals surface area contributed by atoms with Crippen LogP contribution in [0.25, 0.3) is 0 Å². The third-order valence-corrected chi connectivity index (χ3v) is 7.77. The molecule has 1 aliphatic carbocycles. The fourth-order valence-electron chi connectivity index (χ4n) is 4.18. The van der Waals surface area contributed by atoms with Gasteiger partial charge in [0.25, 0.3) is 0 Å². The molecule has 2 rings (SSSR count). The zero-order valence-corrected chi connectivity index (χ0v) is 19.6. The smallest absolute Gasteiger partial charge is 0.351 e. The van der Waals surface area contributed by atoms with Gasteiger partial charge in [0.05, 0.1) is 0 Å². The molecule has 1 aliphatic rings. The predicted molar refractivity (Wildman–Crippen MR) is 123 cm³/mol. The molecule has 0 heterocycles. The first kappa shape index (κ1) is 26.5. The van der Waals surface area contributed by atoms with Crippen molar-refractivity contribution in [3.8, 4) is 0 Å². The summed E-state index contributed by atoms with van der Waals surface area (Å²) in [4.78, 5) is 35.2. The second-order valence-electron chi connectivity index (χ2n) is 8.53. The van der Waals surface area contributed by atoms with Crippen LogP contribution in [0.4, 0.5) is 0 Å². The Bertz CT molecular complexity index is 752. The number of aryl methyl sites for hydroxylation is 1. The molecule has 1 saturated carbocycles. The van der Waals surface area contributed by atoms with Crippen LogP contribution >= 0.6 is 7.60 Å². The summed E-state index contributed by atoms with van der Waals surface area (Å²) >= 11 is 0. The Morgan fingerprint density at radius 2 is 1.78 bits per heavy atom. The molecule has 5 N–H and O–H groups in total. The molecule has 1 amide bonds. The molecular formula is C23H37N2O6P. The Hall–Kier alpha value is -1.73. The summed E-state index contributed by atoms with van der Waals surface area (Å²) in [5.74, 6) is -2.96. The van der Waals surface area contributed by atoms with Crippen LogP contribution in [-0.2, 0) is 25.1 Å². The van der Waals surface area contributed by atoms with E-state index >= 15 is 0 Å². The van der Waals surface area contributed by atoms with Crippen molar-refractivity contribution in [2.45, 2.75) is 82.5 Å². The highest BCUT2D eigenvalue weighted by atomic mass is 31.2. The van der Waals surface area contributed by atoms with Crippen LogP contribution in [0.15, 0.2) is 30.3 Å². The van der Waals surface area contributed by atoms with Gasteiger partial charge in [-0.2, -0.15) is 0 Å². The fraction of sp³-hybridized carbons (Fsp3) is 0.652. The number of nitrogens with two attached hydrogens (primary N) is 1. The minimum Gasteiger partial charge on any atom is -0.479 e. The van der Waals surface area contributed by atoms with E-state index in [1.165, 1.54) is 0 Å². The van der Waals surface area contributed by atoms with Gasteiger partial charge in [0.15, 0.2) is 6.10 Å². The Morgan fingerprint density at radius 3 is 2.38 bits per heavy atom. The van der Waals surface area contributed by atoms with Crippen molar-refractivity contribution in [1.29, 1.82) is 0 Å². The van der Waals surface area contributed by atoms with Crippen LogP contribution in [0.1, 0.15) is 69.8 Å². The summed E-state index contributed by atoms with van der Waals surface area (Å²) in [6.45, 7) is 0.408. The highest BCUT2D eigenvalue weighted by Crippen LogP contribution is 2.53. The van der Waals surface area contributed by atoms with Gasteiger partial charge in [-0.25, -0.2) is 4.79 Å². The zero-order valence-electron chi connectivity index (χ0n) is 18.7. The molecule has 0 spiro atoms. The number of hydrogen-bond donors (Lipinski definition) is 4. The van der Waals surface area contributed by atoms with Crippen LogP contribution < -0.4 is 11.1 Å². The van der Waals surface area contributed by atoms with E-state index in [1.807, 2.05) is 30.3 Å². The zero-order chi connectivity index (χ0) is 23.4. The first-order valence-corrected chi connectivity index (χ1v) is 13.2. The van der Waals surface area contributed by atoms with Gasteiger partial charge in [-0.15, -0.1) is 0 Å². The molecule has 2 unspecified atom stereocenters. The average Bonchev–Trinajstić information content (AvgIpc) is 3.05. The molecule has 180 valence electrons. The highest BCUT2D eigenvalue weighted by molar-refractivity contribution is 7.53. The predicted octanol–water partition coefficient (Wildman–Crippen LogP) is 3.82. The second kappa shape index (κ2) is 13.7. The second-order valence-corrected chi connectivity index (χ2v) is 10.4. The molecule has 1 fully saturated rings. The van der Waals surface area contributed by atoms with E-state index in [0.29, 0.717) is 38.6 Å².